The third-order valence-corrected chi connectivity index (χ3v) is 7.75. The van der Waals surface area contributed by atoms with Gasteiger partial charge in [0.05, 0.1) is 11.8 Å². The van der Waals surface area contributed by atoms with Crippen molar-refractivity contribution in [3.63, 3.8) is 0 Å². The minimum absolute atomic E-state index is 0.371. The van der Waals surface area contributed by atoms with E-state index in [1.165, 1.54) is 18.4 Å². The number of hydrogen-bond acceptors (Lipinski definition) is 6. The van der Waals surface area contributed by atoms with Crippen molar-refractivity contribution in [3.05, 3.63) is 65.2 Å². The fourth-order valence-electron chi connectivity index (χ4n) is 3.91. The number of aryl methyl sites for hydroxylation is 1. The summed E-state index contributed by atoms with van der Waals surface area (Å²) in [5.41, 5.74) is 4.53. The van der Waals surface area contributed by atoms with Crippen LogP contribution in [-0.2, 0) is 12.8 Å². The first-order valence-corrected chi connectivity index (χ1v) is 12.8. The van der Waals surface area contributed by atoms with Crippen LogP contribution >= 0.6 is 23.1 Å². The number of aromatic nitrogens is 4. The molecule has 1 aliphatic rings. The lowest BCUT2D eigenvalue weighted by atomic mass is 10.2. The van der Waals surface area contributed by atoms with Crippen LogP contribution in [0.3, 0.4) is 0 Å². The van der Waals surface area contributed by atoms with E-state index in [0.29, 0.717) is 6.10 Å². The molecule has 0 N–H and O–H groups in total. The van der Waals surface area contributed by atoms with Gasteiger partial charge in [-0.3, -0.25) is 0 Å². The van der Waals surface area contributed by atoms with E-state index in [4.69, 9.17) is 9.72 Å². The largest absolute Gasteiger partial charge is 0.490 e. The van der Waals surface area contributed by atoms with Crippen LogP contribution in [0.5, 0.6) is 5.75 Å². The van der Waals surface area contributed by atoms with Gasteiger partial charge in [0, 0.05) is 29.3 Å². The molecule has 7 heteroatoms. The van der Waals surface area contributed by atoms with Crippen molar-refractivity contribution in [1.29, 1.82) is 0 Å². The van der Waals surface area contributed by atoms with E-state index in [9.17, 15) is 0 Å². The molecule has 0 saturated heterocycles. The first-order chi connectivity index (χ1) is 15.7. The molecule has 0 aliphatic heterocycles. The molecule has 0 atom stereocenters. The number of benzene rings is 2. The molecule has 5 nitrogen and oxygen atoms in total. The van der Waals surface area contributed by atoms with Crippen molar-refractivity contribution in [3.8, 4) is 27.7 Å². The van der Waals surface area contributed by atoms with Gasteiger partial charge in [0.15, 0.2) is 11.0 Å². The van der Waals surface area contributed by atoms with Crippen molar-refractivity contribution in [1.82, 2.24) is 19.7 Å². The van der Waals surface area contributed by atoms with Crippen LogP contribution in [0.2, 0.25) is 0 Å². The van der Waals surface area contributed by atoms with Crippen LogP contribution in [0.15, 0.2) is 59.1 Å². The zero-order chi connectivity index (χ0) is 21.9. The molecule has 0 radical (unpaired) electrons. The summed E-state index contributed by atoms with van der Waals surface area (Å²) < 4.78 is 8.12. The molecule has 2 aromatic heterocycles. The molecular weight excluding hydrogens is 436 g/mol. The number of hydrogen-bond donors (Lipinski definition) is 0. The Morgan fingerprint density at radius 2 is 1.72 bits per heavy atom. The smallest absolute Gasteiger partial charge is 0.191 e. The molecule has 32 heavy (non-hydrogen) atoms. The zero-order valence-electron chi connectivity index (χ0n) is 18.3. The van der Waals surface area contributed by atoms with Crippen molar-refractivity contribution < 1.29 is 4.74 Å². The predicted octanol–water partition coefficient (Wildman–Crippen LogP) is 6.53. The molecular formula is C25H26N4OS2. The van der Waals surface area contributed by atoms with Crippen molar-refractivity contribution in [2.75, 3.05) is 0 Å². The van der Waals surface area contributed by atoms with Crippen LogP contribution in [0.4, 0.5) is 0 Å². The number of rotatable bonds is 7. The molecule has 5 rings (SSSR count). The summed E-state index contributed by atoms with van der Waals surface area (Å²) in [5.74, 6) is 2.56. The highest BCUT2D eigenvalue weighted by atomic mass is 32.2. The van der Waals surface area contributed by atoms with Crippen LogP contribution in [-0.4, -0.2) is 25.9 Å². The lowest BCUT2D eigenvalue weighted by Crippen LogP contribution is -2.10. The second-order valence-electron chi connectivity index (χ2n) is 8.21. The first-order valence-electron chi connectivity index (χ1n) is 11.0. The molecule has 0 amide bonds. The molecule has 0 spiro atoms. The summed E-state index contributed by atoms with van der Waals surface area (Å²) in [4.78, 5) is 4.80. The molecule has 2 aromatic carbocycles. The van der Waals surface area contributed by atoms with E-state index >= 15 is 0 Å². The molecule has 0 bridgehead atoms. The summed E-state index contributed by atoms with van der Waals surface area (Å²) in [6, 6.07) is 16.7. The molecule has 0 unspecified atom stereocenters. The minimum atomic E-state index is 0.371. The summed E-state index contributed by atoms with van der Waals surface area (Å²) in [7, 11) is 2.01. The second kappa shape index (κ2) is 9.46. The summed E-state index contributed by atoms with van der Waals surface area (Å²) >= 11 is 3.34. The molecule has 1 fully saturated rings. The highest BCUT2D eigenvalue weighted by Crippen LogP contribution is 2.30. The Kier molecular flexibility index (Phi) is 6.28. The zero-order valence-corrected chi connectivity index (χ0v) is 20.0. The van der Waals surface area contributed by atoms with E-state index < -0.39 is 0 Å². The SMILES string of the molecule is Cc1ccc(-c2nc(CSc3nnc(-c4ccc(OC5CCCC5)cc4)n3C)cs2)cc1. The van der Waals surface area contributed by atoms with Gasteiger partial charge in [-0.05, 0) is 56.9 Å². The molecule has 2 heterocycles. The Bertz CT molecular complexity index is 1180. The van der Waals surface area contributed by atoms with Gasteiger partial charge in [-0.25, -0.2) is 4.98 Å². The van der Waals surface area contributed by atoms with Crippen LogP contribution < -0.4 is 4.74 Å². The molecule has 4 aromatic rings. The standard InChI is InChI=1S/C25H26N4OS2/c1-17-7-9-19(10-8-17)24-26-20(15-31-24)16-32-25-28-27-23(29(25)2)18-11-13-22(14-12-18)30-21-5-3-4-6-21/h7-15,21H,3-6,16H2,1-2H3. The van der Waals surface area contributed by atoms with Crippen molar-refractivity contribution in [2.45, 2.75) is 49.6 Å². The van der Waals surface area contributed by atoms with Gasteiger partial charge >= 0.3 is 0 Å². The normalized spacial score (nSPS) is 14.2. The van der Waals surface area contributed by atoms with E-state index in [1.54, 1.807) is 23.1 Å². The maximum absolute atomic E-state index is 6.08. The Balaban J connectivity index is 1.23. The number of thioether (sulfide) groups is 1. The van der Waals surface area contributed by atoms with Crippen LogP contribution in [0.1, 0.15) is 36.9 Å². The monoisotopic (exact) mass is 462 g/mol. The average Bonchev–Trinajstić information content (AvgIpc) is 3.56. The number of nitrogens with zero attached hydrogens (tertiary/aromatic N) is 4. The fraction of sp³-hybridized carbons (Fsp3) is 0.320. The van der Waals surface area contributed by atoms with Gasteiger partial charge in [0.1, 0.15) is 10.8 Å². The maximum atomic E-state index is 6.08. The minimum Gasteiger partial charge on any atom is -0.490 e. The third-order valence-electron chi connectivity index (χ3n) is 5.75. The van der Waals surface area contributed by atoms with E-state index in [0.717, 1.165) is 57.2 Å². The molecule has 1 saturated carbocycles. The van der Waals surface area contributed by atoms with Crippen molar-refractivity contribution in [2.24, 2.45) is 7.05 Å². The second-order valence-corrected chi connectivity index (χ2v) is 10.0. The Hall–Kier alpha value is -2.64. The van der Waals surface area contributed by atoms with E-state index in [1.807, 2.05) is 23.7 Å². The third kappa shape index (κ3) is 4.74. The summed E-state index contributed by atoms with van der Waals surface area (Å²) in [6.45, 7) is 2.10. The molecule has 164 valence electrons. The topological polar surface area (TPSA) is 52.8 Å². The highest BCUT2D eigenvalue weighted by Gasteiger charge is 2.17. The molecule has 1 aliphatic carbocycles. The van der Waals surface area contributed by atoms with Gasteiger partial charge in [0.25, 0.3) is 0 Å². The number of ether oxygens (including phenoxy) is 1. The Morgan fingerprint density at radius 3 is 2.47 bits per heavy atom. The summed E-state index contributed by atoms with van der Waals surface area (Å²) in [6.07, 6.45) is 5.25. The lowest BCUT2D eigenvalue weighted by molar-refractivity contribution is 0.210. The van der Waals surface area contributed by atoms with Crippen molar-refractivity contribution >= 4 is 23.1 Å². The van der Waals surface area contributed by atoms with E-state index in [-0.39, 0.29) is 0 Å². The Morgan fingerprint density at radius 1 is 1.00 bits per heavy atom. The van der Waals surface area contributed by atoms with Gasteiger partial charge in [-0.15, -0.1) is 21.5 Å². The van der Waals surface area contributed by atoms with Gasteiger partial charge < -0.3 is 9.30 Å². The van der Waals surface area contributed by atoms with E-state index in [2.05, 4.69) is 58.9 Å². The van der Waals surface area contributed by atoms with Crippen LogP contribution in [0.25, 0.3) is 22.0 Å². The Labute approximate surface area is 196 Å². The fourth-order valence-corrected chi connectivity index (χ4v) is 5.65. The highest BCUT2D eigenvalue weighted by molar-refractivity contribution is 7.98. The van der Waals surface area contributed by atoms with Gasteiger partial charge in [-0.1, -0.05) is 41.6 Å². The van der Waals surface area contributed by atoms with Gasteiger partial charge in [-0.2, -0.15) is 0 Å². The predicted molar refractivity (Wildman–Crippen MR) is 131 cm³/mol. The van der Waals surface area contributed by atoms with Gasteiger partial charge in [0.2, 0.25) is 0 Å². The quantitative estimate of drug-likeness (QED) is 0.292. The first kappa shape index (κ1) is 21.2. The maximum Gasteiger partial charge on any atom is 0.191 e. The van der Waals surface area contributed by atoms with Crippen LogP contribution in [0, 0.1) is 6.92 Å². The lowest BCUT2D eigenvalue weighted by Gasteiger charge is -2.13. The summed E-state index contributed by atoms with van der Waals surface area (Å²) in [5, 5.41) is 12.9. The number of thiazole rings is 1. The average molecular weight is 463 g/mol.